The molecule has 0 aliphatic heterocycles. The van der Waals surface area contributed by atoms with Gasteiger partial charge in [0.05, 0.1) is 27.5 Å². The number of aromatic nitrogens is 3. The number of hydrogen-bond donors (Lipinski definition) is 1. The van der Waals surface area contributed by atoms with Crippen LogP contribution >= 0.6 is 23.8 Å². The van der Waals surface area contributed by atoms with E-state index in [4.69, 9.17) is 38.0 Å². The van der Waals surface area contributed by atoms with Crippen molar-refractivity contribution in [3.8, 4) is 28.6 Å². The van der Waals surface area contributed by atoms with Crippen LogP contribution in [0, 0.1) is 4.77 Å². The Bertz CT molecular complexity index is 1050. The second-order valence-electron chi connectivity index (χ2n) is 5.37. The zero-order chi connectivity index (χ0) is 19.4. The molecule has 1 N–H and O–H groups in total. The molecule has 0 fully saturated rings. The number of rotatable bonds is 6. The van der Waals surface area contributed by atoms with Gasteiger partial charge < -0.3 is 14.2 Å². The van der Waals surface area contributed by atoms with Crippen molar-refractivity contribution in [3.05, 3.63) is 51.8 Å². The lowest BCUT2D eigenvalue weighted by atomic mass is 10.2. The molecule has 0 saturated carbocycles. The van der Waals surface area contributed by atoms with Crippen LogP contribution in [0.2, 0.25) is 5.02 Å². The van der Waals surface area contributed by atoms with Gasteiger partial charge in [0.2, 0.25) is 4.77 Å². The van der Waals surface area contributed by atoms with Crippen LogP contribution in [0.15, 0.2) is 41.5 Å². The van der Waals surface area contributed by atoms with E-state index in [1.165, 1.54) is 4.68 Å². The van der Waals surface area contributed by atoms with Gasteiger partial charge >= 0.3 is 0 Å². The Balaban J connectivity index is 2.05. The minimum absolute atomic E-state index is 0.348. The summed E-state index contributed by atoms with van der Waals surface area (Å²) in [7, 11) is 4.70. The minimum atomic E-state index is 0.348. The van der Waals surface area contributed by atoms with E-state index in [0.717, 1.165) is 5.56 Å². The van der Waals surface area contributed by atoms with Crippen LogP contribution in [0.3, 0.4) is 0 Å². The Hall–Kier alpha value is -2.84. The molecular weight excluding hydrogens is 388 g/mol. The fourth-order valence-corrected chi connectivity index (χ4v) is 2.86. The molecule has 3 rings (SSSR count). The van der Waals surface area contributed by atoms with Crippen LogP contribution in [0.5, 0.6) is 17.2 Å². The molecule has 0 aliphatic rings. The highest BCUT2D eigenvalue weighted by Gasteiger charge is 2.12. The zero-order valence-corrected chi connectivity index (χ0v) is 16.5. The Labute approximate surface area is 166 Å². The molecule has 0 saturated heterocycles. The second-order valence-corrected chi connectivity index (χ2v) is 6.19. The van der Waals surface area contributed by atoms with Crippen molar-refractivity contribution in [1.82, 2.24) is 14.9 Å². The third kappa shape index (κ3) is 3.96. The lowest BCUT2D eigenvalue weighted by Gasteiger charge is -2.11. The number of aromatic amines is 1. The molecule has 0 atom stereocenters. The molecule has 0 amide bonds. The van der Waals surface area contributed by atoms with E-state index in [1.54, 1.807) is 51.8 Å². The molecule has 1 heterocycles. The third-order valence-corrected chi connectivity index (χ3v) is 4.28. The number of H-pyrrole nitrogens is 1. The molecule has 140 valence electrons. The maximum Gasteiger partial charge on any atom is 0.216 e. The number of nitrogens with one attached hydrogen (secondary N) is 1. The molecular formula is C18H17ClN4O3S. The van der Waals surface area contributed by atoms with E-state index in [9.17, 15) is 0 Å². The molecule has 1 aromatic heterocycles. The summed E-state index contributed by atoms with van der Waals surface area (Å²) in [6.07, 6.45) is 1.61. The van der Waals surface area contributed by atoms with Crippen LogP contribution in [-0.2, 0) is 0 Å². The molecule has 0 radical (unpaired) electrons. The number of nitrogens with zero attached hydrogens (tertiary/aromatic N) is 3. The van der Waals surface area contributed by atoms with Gasteiger partial charge in [-0.1, -0.05) is 23.7 Å². The smallest absolute Gasteiger partial charge is 0.216 e. The molecule has 9 heteroatoms. The molecule has 0 aliphatic carbocycles. The molecule has 3 aromatic rings. The Morgan fingerprint density at radius 1 is 1.07 bits per heavy atom. The fraction of sp³-hybridized carbons (Fsp3) is 0.167. The number of hydrogen-bond acceptors (Lipinski definition) is 6. The van der Waals surface area contributed by atoms with Crippen LogP contribution < -0.4 is 14.2 Å². The van der Waals surface area contributed by atoms with Gasteiger partial charge in [0, 0.05) is 22.2 Å². The van der Waals surface area contributed by atoms with Gasteiger partial charge in [0.15, 0.2) is 17.3 Å². The lowest BCUT2D eigenvalue weighted by Crippen LogP contribution is -1.99. The van der Waals surface area contributed by atoms with Gasteiger partial charge in [-0.05, 0) is 30.4 Å². The first-order valence-corrected chi connectivity index (χ1v) is 8.63. The van der Waals surface area contributed by atoms with Gasteiger partial charge in [-0.2, -0.15) is 14.9 Å². The van der Waals surface area contributed by atoms with Gasteiger partial charge in [0.1, 0.15) is 5.75 Å². The van der Waals surface area contributed by atoms with Gasteiger partial charge in [0.25, 0.3) is 0 Å². The van der Waals surface area contributed by atoms with E-state index in [-0.39, 0.29) is 0 Å². The summed E-state index contributed by atoms with van der Waals surface area (Å²) in [5, 5.41) is 12.0. The Kier molecular flexibility index (Phi) is 5.78. The summed E-state index contributed by atoms with van der Waals surface area (Å²) in [6.45, 7) is 0. The normalized spacial score (nSPS) is 11.0. The number of halogens is 1. The highest BCUT2D eigenvalue weighted by molar-refractivity contribution is 7.71. The van der Waals surface area contributed by atoms with E-state index in [2.05, 4.69) is 15.3 Å². The van der Waals surface area contributed by atoms with Gasteiger partial charge in [-0.15, -0.1) is 0 Å². The highest BCUT2D eigenvalue weighted by atomic mass is 35.5. The van der Waals surface area contributed by atoms with Crippen molar-refractivity contribution in [2.24, 2.45) is 5.10 Å². The third-order valence-electron chi connectivity index (χ3n) is 3.78. The standard InChI is InChI=1S/C18H17ClN4O3S/c1-24-14-9-16(26-3)15(25-2)8-12(14)10-20-23-17(21-22-18(23)27)11-5-4-6-13(19)7-11/h4-10H,1-3H3,(H,22,27)/b20-10-. The van der Waals surface area contributed by atoms with Crippen molar-refractivity contribution in [2.75, 3.05) is 21.3 Å². The predicted octanol–water partition coefficient (Wildman–Crippen LogP) is 4.17. The van der Waals surface area contributed by atoms with Crippen molar-refractivity contribution >= 4 is 30.0 Å². The van der Waals surface area contributed by atoms with E-state index in [1.807, 2.05) is 12.1 Å². The van der Waals surface area contributed by atoms with Crippen LogP contribution in [0.1, 0.15) is 5.56 Å². The first kappa shape index (κ1) is 18.9. The summed E-state index contributed by atoms with van der Waals surface area (Å²) in [4.78, 5) is 0. The molecule has 2 aromatic carbocycles. The van der Waals surface area contributed by atoms with Crippen molar-refractivity contribution in [2.45, 2.75) is 0 Å². The minimum Gasteiger partial charge on any atom is -0.496 e. The van der Waals surface area contributed by atoms with Crippen molar-refractivity contribution in [3.63, 3.8) is 0 Å². The molecule has 0 spiro atoms. The highest BCUT2D eigenvalue weighted by Crippen LogP contribution is 2.33. The summed E-state index contributed by atoms with van der Waals surface area (Å²) in [5.74, 6) is 2.24. The zero-order valence-electron chi connectivity index (χ0n) is 14.9. The molecule has 7 nitrogen and oxygen atoms in total. The van der Waals surface area contributed by atoms with Crippen molar-refractivity contribution < 1.29 is 14.2 Å². The summed E-state index contributed by atoms with van der Waals surface area (Å²) < 4.78 is 17.9. The van der Waals surface area contributed by atoms with Gasteiger partial charge in [-0.25, -0.2) is 5.10 Å². The predicted molar refractivity (Wildman–Crippen MR) is 107 cm³/mol. The second kappa shape index (κ2) is 8.24. The first-order chi connectivity index (χ1) is 13.1. The van der Waals surface area contributed by atoms with Crippen LogP contribution in [0.4, 0.5) is 0 Å². The Morgan fingerprint density at radius 3 is 2.44 bits per heavy atom. The maximum atomic E-state index is 6.07. The van der Waals surface area contributed by atoms with Crippen LogP contribution in [-0.4, -0.2) is 42.4 Å². The van der Waals surface area contributed by atoms with E-state index in [0.29, 0.717) is 38.4 Å². The number of ether oxygens (including phenoxy) is 3. The largest absolute Gasteiger partial charge is 0.496 e. The SMILES string of the molecule is COc1cc(OC)c(OC)cc1/C=N\n1c(-c2cccc(Cl)c2)n[nH]c1=S. The summed E-state index contributed by atoms with van der Waals surface area (Å²) in [6, 6.07) is 10.8. The molecule has 0 unspecified atom stereocenters. The average molecular weight is 405 g/mol. The molecule has 0 bridgehead atoms. The topological polar surface area (TPSA) is 73.7 Å². The fourth-order valence-electron chi connectivity index (χ4n) is 2.49. The van der Waals surface area contributed by atoms with Crippen molar-refractivity contribution in [1.29, 1.82) is 0 Å². The van der Waals surface area contributed by atoms with Gasteiger partial charge in [-0.3, -0.25) is 0 Å². The lowest BCUT2D eigenvalue weighted by molar-refractivity contribution is 0.349. The van der Waals surface area contributed by atoms with E-state index < -0.39 is 0 Å². The monoisotopic (exact) mass is 404 g/mol. The summed E-state index contributed by atoms with van der Waals surface area (Å²) >= 11 is 11.4. The number of methoxy groups -OCH3 is 3. The quantitative estimate of drug-likeness (QED) is 0.493. The average Bonchev–Trinajstić information content (AvgIpc) is 3.06. The first-order valence-electron chi connectivity index (χ1n) is 7.85. The Morgan fingerprint density at radius 2 is 1.78 bits per heavy atom. The summed E-state index contributed by atoms with van der Waals surface area (Å²) in [5.41, 5.74) is 1.47. The number of benzene rings is 2. The van der Waals surface area contributed by atoms with E-state index >= 15 is 0 Å². The maximum absolute atomic E-state index is 6.07. The van der Waals surface area contributed by atoms with Crippen LogP contribution in [0.25, 0.3) is 11.4 Å². The molecule has 27 heavy (non-hydrogen) atoms.